The first kappa shape index (κ1) is 35.8. The minimum Gasteiger partial charge on any atom is -0.428 e. The Labute approximate surface area is 277 Å². The fraction of sp³-hybridized carbons (Fsp3) is 0.568. The molecule has 0 heterocycles. The number of hydrogen-bond donors (Lipinski definition) is 0. The lowest BCUT2D eigenvalue weighted by Crippen LogP contribution is -2.39. The molecule has 2 aromatic rings. The molecule has 2 saturated carbocycles. The highest BCUT2D eigenvalue weighted by Crippen LogP contribution is 2.49. The predicted octanol–water partition coefficient (Wildman–Crippen LogP) is 9.23. The molecule has 4 rings (SSSR count). The van der Waals surface area contributed by atoms with Gasteiger partial charge in [0.15, 0.2) is 0 Å². The summed E-state index contributed by atoms with van der Waals surface area (Å²) in [4.78, 5) is 67.5. The maximum atomic E-state index is 12.2. The van der Waals surface area contributed by atoms with Gasteiger partial charge in [-0.1, -0.05) is 65.8 Å². The minimum absolute atomic E-state index is 0.0399. The molecule has 10 nitrogen and oxygen atoms in total. The van der Waals surface area contributed by atoms with Crippen molar-refractivity contribution in [2.45, 2.75) is 117 Å². The molecule has 0 N–H and O–H groups in total. The van der Waals surface area contributed by atoms with E-state index < -0.39 is 24.2 Å². The summed E-state index contributed by atoms with van der Waals surface area (Å²) in [7, 11) is 0. The molecule has 0 bridgehead atoms. The van der Waals surface area contributed by atoms with Gasteiger partial charge in [-0.05, 0) is 116 Å². The molecular weight excluding hydrogens is 604 g/mol. The van der Waals surface area contributed by atoms with Gasteiger partial charge < -0.3 is 9.47 Å². The van der Waals surface area contributed by atoms with Crippen LogP contribution in [-0.2, 0) is 29.0 Å². The number of carbonyl (C=O) groups is 4. The van der Waals surface area contributed by atoms with Crippen LogP contribution in [0.3, 0.4) is 0 Å². The Morgan fingerprint density at radius 1 is 0.532 bits per heavy atom. The third-order valence-corrected chi connectivity index (χ3v) is 9.98. The van der Waals surface area contributed by atoms with Crippen LogP contribution in [0.25, 0.3) is 0 Å². The lowest BCUT2D eigenvalue weighted by Gasteiger charge is -2.46. The molecule has 0 unspecified atom stereocenters. The van der Waals surface area contributed by atoms with E-state index in [0.717, 1.165) is 36.8 Å². The Kier molecular flexibility index (Phi) is 12.3. The van der Waals surface area contributed by atoms with E-state index in [9.17, 15) is 19.2 Å². The van der Waals surface area contributed by atoms with Crippen molar-refractivity contribution in [3.63, 3.8) is 0 Å². The van der Waals surface area contributed by atoms with E-state index in [1.165, 1.54) is 0 Å². The largest absolute Gasteiger partial charge is 0.550 e. The molecule has 0 amide bonds. The molecule has 2 fully saturated rings. The lowest BCUT2D eigenvalue weighted by molar-refractivity contribution is -0.209. The first-order valence-corrected chi connectivity index (χ1v) is 16.7. The monoisotopic (exact) mass is 652 g/mol. The fourth-order valence-corrected chi connectivity index (χ4v) is 6.74. The number of hydrogen-bond acceptors (Lipinski definition) is 10. The molecule has 256 valence electrons. The predicted molar refractivity (Wildman–Crippen MR) is 172 cm³/mol. The van der Waals surface area contributed by atoms with Gasteiger partial charge in [0.05, 0.1) is 11.1 Å². The Morgan fingerprint density at radius 3 is 1.15 bits per heavy atom. The summed E-state index contributed by atoms with van der Waals surface area (Å²) in [6.45, 7) is 12.8. The Bertz CT molecular complexity index is 1240. The number of carbonyl (C=O) groups excluding carboxylic acids is 4. The third kappa shape index (κ3) is 9.95. The van der Waals surface area contributed by atoms with Gasteiger partial charge in [0, 0.05) is 0 Å². The normalized spacial score (nSPS) is 21.4. The maximum Gasteiger partial charge on any atom is 0.550 e. The second-order valence-corrected chi connectivity index (χ2v) is 14.0. The summed E-state index contributed by atoms with van der Waals surface area (Å²) in [6, 6.07) is 13.9. The molecule has 0 spiro atoms. The second kappa shape index (κ2) is 16.2. The lowest BCUT2D eigenvalue weighted by atomic mass is 9.60. The zero-order valence-corrected chi connectivity index (χ0v) is 28.3. The topological polar surface area (TPSA) is 124 Å². The molecule has 0 atom stereocenters. The van der Waals surface area contributed by atoms with Crippen LogP contribution >= 0.6 is 0 Å². The van der Waals surface area contributed by atoms with E-state index in [1.807, 2.05) is 24.3 Å². The van der Waals surface area contributed by atoms with Crippen molar-refractivity contribution in [2.24, 2.45) is 17.3 Å². The Balaban J connectivity index is 1.12. The SMILES string of the molecule is CC(C)c1ccc(C(=O)OOC(=O)OC2CCC(C(C)(C)C3CCC(OC(=O)OOC(=O)c4ccc(C(C)C)cc4)CC3)CC2)cc1. The van der Waals surface area contributed by atoms with E-state index in [4.69, 9.17) is 19.2 Å². The van der Waals surface area contributed by atoms with Crippen molar-refractivity contribution < 1.29 is 48.2 Å². The summed E-state index contributed by atoms with van der Waals surface area (Å²) < 4.78 is 10.9. The maximum absolute atomic E-state index is 12.2. The third-order valence-electron chi connectivity index (χ3n) is 9.98. The van der Waals surface area contributed by atoms with Gasteiger partial charge in [0.1, 0.15) is 12.2 Å². The molecule has 47 heavy (non-hydrogen) atoms. The molecule has 0 radical (unpaired) electrons. The van der Waals surface area contributed by atoms with E-state index in [-0.39, 0.29) is 28.7 Å². The van der Waals surface area contributed by atoms with Crippen molar-refractivity contribution >= 4 is 24.2 Å². The van der Waals surface area contributed by atoms with Crippen molar-refractivity contribution in [3.8, 4) is 0 Å². The molecule has 0 aromatic heterocycles. The van der Waals surface area contributed by atoms with Crippen LogP contribution in [0, 0.1) is 17.3 Å². The van der Waals surface area contributed by atoms with E-state index in [2.05, 4.69) is 51.3 Å². The summed E-state index contributed by atoms with van der Waals surface area (Å²) in [5, 5.41) is 0. The zero-order chi connectivity index (χ0) is 34.1. The van der Waals surface area contributed by atoms with Gasteiger partial charge in [-0.15, -0.1) is 0 Å². The molecule has 2 aliphatic carbocycles. The fourth-order valence-electron chi connectivity index (χ4n) is 6.74. The molecule has 2 aromatic carbocycles. The van der Waals surface area contributed by atoms with Gasteiger partial charge >= 0.3 is 24.2 Å². The second-order valence-electron chi connectivity index (χ2n) is 14.0. The summed E-state index contributed by atoms with van der Waals surface area (Å²) in [5.41, 5.74) is 2.79. The summed E-state index contributed by atoms with van der Waals surface area (Å²) in [6.07, 6.45) is 3.68. The molecule has 0 aliphatic heterocycles. The quantitative estimate of drug-likeness (QED) is 0.155. The van der Waals surface area contributed by atoms with Crippen LogP contribution in [0.5, 0.6) is 0 Å². The smallest absolute Gasteiger partial charge is 0.428 e. The summed E-state index contributed by atoms with van der Waals surface area (Å²) in [5.74, 6) is 0.0227. The number of rotatable bonds is 8. The van der Waals surface area contributed by atoms with Gasteiger partial charge in [0.2, 0.25) is 0 Å². The highest BCUT2D eigenvalue weighted by molar-refractivity contribution is 5.89. The van der Waals surface area contributed by atoms with Crippen LogP contribution in [0.4, 0.5) is 9.59 Å². The number of benzene rings is 2. The van der Waals surface area contributed by atoms with Crippen molar-refractivity contribution in [3.05, 3.63) is 70.8 Å². The van der Waals surface area contributed by atoms with Crippen molar-refractivity contribution in [1.29, 1.82) is 0 Å². The first-order chi connectivity index (χ1) is 22.3. The average molecular weight is 653 g/mol. The van der Waals surface area contributed by atoms with E-state index >= 15 is 0 Å². The van der Waals surface area contributed by atoms with Crippen LogP contribution in [0.1, 0.15) is 137 Å². The van der Waals surface area contributed by atoms with Crippen LogP contribution < -0.4 is 0 Å². The van der Waals surface area contributed by atoms with Crippen LogP contribution in [-0.4, -0.2) is 36.5 Å². The standard InChI is InChI=1S/C37H48O10/c1-23(2)25-7-11-27(12-8-25)33(38)44-46-35(40)42-31-19-15-29(16-20-31)37(5,6)30-17-21-32(22-18-30)43-36(41)47-45-34(39)28-13-9-26(10-14-28)24(3)4/h7-14,23-24,29-32H,15-22H2,1-6H3. The van der Waals surface area contributed by atoms with Crippen molar-refractivity contribution in [1.82, 2.24) is 0 Å². The van der Waals surface area contributed by atoms with E-state index in [1.54, 1.807) is 24.3 Å². The van der Waals surface area contributed by atoms with Crippen molar-refractivity contribution in [2.75, 3.05) is 0 Å². The highest BCUT2D eigenvalue weighted by Gasteiger charge is 2.41. The molecular formula is C37H48O10. The van der Waals surface area contributed by atoms with Gasteiger partial charge in [-0.3, -0.25) is 0 Å². The molecule has 2 aliphatic rings. The van der Waals surface area contributed by atoms with Crippen LogP contribution in [0.2, 0.25) is 0 Å². The van der Waals surface area contributed by atoms with Gasteiger partial charge in [-0.2, -0.15) is 9.59 Å². The minimum atomic E-state index is -1.02. The van der Waals surface area contributed by atoms with E-state index in [0.29, 0.717) is 49.4 Å². The zero-order valence-electron chi connectivity index (χ0n) is 28.3. The Morgan fingerprint density at radius 2 is 0.851 bits per heavy atom. The van der Waals surface area contributed by atoms with Crippen LogP contribution in [0.15, 0.2) is 48.5 Å². The van der Waals surface area contributed by atoms with Gasteiger partial charge in [0.25, 0.3) is 0 Å². The van der Waals surface area contributed by atoms with Gasteiger partial charge in [-0.25, -0.2) is 29.1 Å². The molecule has 10 heteroatoms. The summed E-state index contributed by atoms with van der Waals surface area (Å²) >= 11 is 0. The first-order valence-electron chi connectivity index (χ1n) is 16.7. The average Bonchev–Trinajstić information content (AvgIpc) is 3.06. The molecule has 0 saturated heterocycles. The number of ether oxygens (including phenoxy) is 2. The highest BCUT2D eigenvalue weighted by atomic mass is 17.2. The Hall–Kier alpha value is -4.08.